The zero-order valence-corrected chi connectivity index (χ0v) is 10.8. The summed E-state index contributed by atoms with van der Waals surface area (Å²) in [5.74, 6) is 0.515. The molecule has 0 saturated heterocycles. The lowest BCUT2D eigenvalue weighted by Crippen LogP contribution is -2.27. The lowest BCUT2D eigenvalue weighted by molar-refractivity contribution is 0.0934. The van der Waals surface area contributed by atoms with Crippen molar-refractivity contribution in [3.8, 4) is 5.75 Å². The average molecular weight is 257 g/mol. The Morgan fingerprint density at radius 1 is 1.37 bits per heavy atom. The molecular formula is C14H15N3O2. The van der Waals surface area contributed by atoms with Crippen LogP contribution in [0.15, 0.2) is 42.9 Å². The first-order chi connectivity index (χ1) is 9.20. The molecule has 2 aromatic rings. The van der Waals surface area contributed by atoms with Crippen LogP contribution in [0.1, 0.15) is 29.0 Å². The van der Waals surface area contributed by atoms with Gasteiger partial charge in [0, 0.05) is 12.4 Å². The van der Waals surface area contributed by atoms with Crippen LogP contribution in [0.4, 0.5) is 0 Å². The molecule has 1 aromatic heterocycles. The van der Waals surface area contributed by atoms with E-state index >= 15 is 0 Å². The fourth-order valence-corrected chi connectivity index (χ4v) is 1.68. The third-order valence-electron chi connectivity index (χ3n) is 2.74. The molecule has 0 bridgehead atoms. The molecule has 0 aliphatic rings. The van der Waals surface area contributed by atoms with Crippen molar-refractivity contribution in [2.24, 2.45) is 0 Å². The van der Waals surface area contributed by atoms with Crippen molar-refractivity contribution in [3.05, 3.63) is 54.1 Å². The molecule has 98 valence electrons. The molecule has 0 unspecified atom stereocenters. The Labute approximate surface area is 111 Å². The minimum Gasteiger partial charge on any atom is -0.497 e. The highest BCUT2D eigenvalue weighted by atomic mass is 16.5. The summed E-state index contributed by atoms with van der Waals surface area (Å²) in [5.41, 5.74) is 1.27. The molecule has 1 amide bonds. The first kappa shape index (κ1) is 13.0. The Bertz CT molecular complexity index is 558. The highest BCUT2D eigenvalue weighted by molar-refractivity contribution is 5.92. The highest BCUT2D eigenvalue weighted by Gasteiger charge is 2.12. The number of rotatable bonds is 4. The van der Waals surface area contributed by atoms with Crippen molar-refractivity contribution in [1.82, 2.24) is 15.3 Å². The molecule has 1 heterocycles. The molecule has 0 saturated carbocycles. The van der Waals surface area contributed by atoms with Gasteiger partial charge in [-0.25, -0.2) is 4.98 Å². The topological polar surface area (TPSA) is 64.1 Å². The van der Waals surface area contributed by atoms with Gasteiger partial charge in [-0.3, -0.25) is 9.78 Å². The lowest BCUT2D eigenvalue weighted by Gasteiger charge is -2.14. The van der Waals surface area contributed by atoms with E-state index in [-0.39, 0.29) is 11.9 Å². The maximum Gasteiger partial charge on any atom is 0.271 e. The number of nitrogens with one attached hydrogen (secondary N) is 1. The highest BCUT2D eigenvalue weighted by Crippen LogP contribution is 2.18. The number of hydrogen-bond donors (Lipinski definition) is 1. The number of aromatic nitrogens is 2. The zero-order chi connectivity index (χ0) is 13.7. The van der Waals surface area contributed by atoms with Gasteiger partial charge in [0.15, 0.2) is 0 Å². The molecule has 0 aliphatic carbocycles. The van der Waals surface area contributed by atoms with Crippen molar-refractivity contribution >= 4 is 5.91 Å². The van der Waals surface area contributed by atoms with Crippen LogP contribution in [-0.2, 0) is 0 Å². The van der Waals surface area contributed by atoms with E-state index in [9.17, 15) is 4.79 Å². The Hall–Kier alpha value is -2.43. The molecule has 0 aliphatic heterocycles. The second kappa shape index (κ2) is 5.95. The van der Waals surface area contributed by atoms with Gasteiger partial charge in [0.05, 0.1) is 19.3 Å². The molecule has 0 spiro atoms. The molecule has 5 nitrogen and oxygen atoms in total. The molecule has 2 rings (SSSR count). The fourth-order valence-electron chi connectivity index (χ4n) is 1.68. The summed E-state index contributed by atoms with van der Waals surface area (Å²) in [6.45, 7) is 1.91. The molecule has 19 heavy (non-hydrogen) atoms. The molecular weight excluding hydrogens is 242 g/mol. The summed E-state index contributed by atoms with van der Waals surface area (Å²) in [5, 5.41) is 2.87. The Morgan fingerprint density at radius 2 is 2.21 bits per heavy atom. The van der Waals surface area contributed by atoms with Crippen LogP contribution in [0.3, 0.4) is 0 Å². The van der Waals surface area contributed by atoms with E-state index in [1.54, 1.807) is 7.11 Å². The van der Waals surface area contributed by atoms with Gasteiger partial charge in [-0.05, 0) is 24.6 Å². The van der Waals surface area contributed by atoms with Crippen LogP contribution < -0.4 is 10.1 Å². The SMILES string of the molecule is COc1cccc([C@H](C)NC(=O)c2cnccn2)c1. The van der Waals surface area contributed by atoms with Crippen LogP contribution in [0.2, 0.25) is 0 Å². The van der Waals surface area contributed by atoms with E-state index < -0.39 is 0 Å². The van der Waals surface area contributed by atoms with Crippen LogP contribution in [-0.4, -0.2) is 23.0 Å². The largest absolute Gasteiger partial charge is 0.497 e. The molecule has 0 fully saturated rings. The van der Waals surface area contributed by atoms with E-state index in [0.717, 1.165) is 11.3 Å². The van der Waals surface area contributed by atoms with Crippen LogP contribution >= 0.6 is 0 Å². The summed E-state index contributed by atoms with van der Waals surface area (Å²) < 4.78 is 5.16. The third-order valence-corrected chi connectivity index (χ3v) is 2.74. The normalized spacial score (nSPS) is 11.7. The predicted molar refractivity (Wildman–Crippen MR) is 70.9 cm³/mol. The summed E-state index contributed by atoms with van der Waals surface area (Å²) in [6.07, 6.45) is 4.46. The number of benzene rings is 1. The Kier molecular flexibility index (Phi) is 4.07. The molecule has 1 aromatic carbocycles. The van der Waals surface area contributed by atoms with Crippen molar-refractivity contribution in [2.75, 3.05) is 7.11 Å². The van der Waals surface area contributed by atoms with Gasteiger partial charge in [-0.1, -0.05) is 12.1 Å². The fraction of sp³-hybridized carbons (Fsp3) is 0.214. The van der Waals surface area contributed by atoms with E-state index in [4.69, 9.17) is 4.74 Å². The molecule has 5 heteroatoms. The van der Waals surface area contributed by atoms with Crippen molar-refractivity contribution in [1.29, 1.82) is 0 Å². The smallest absolute Gasteiger partial charge is 0.271 e. The second-order valence-corrected chi connectivity index (χ2v) is 4.06. The van der Waals surface area contributed by atoms with Gasteiger partial charge in [0.1, 0.15) is 11.4 Å². The third kappa shape index (κ3) is 3.28. The number of hydrogen-bond acceptors (Lipinski definition) is 4. The monoisotopic (exact) mass is 257 g/mol. The van der Waals surface area contributed by atoms with Gasteiger partial charge >= 0.3 is 0 Å². The second-order valence-electron chi connectivity index (χ2n) is 4.06. The van der Waals surface area contributed by atoms with Crippen LogP contribution in [0.25, 0.3) is 0 Å². The van der Waals surface area contributed by atoms with E-state index in [1.165, 1.54) is 18.6 Å². The summed E-state index contributed by atoms with van der Waals surface area (Å²) >= 11 is 0. The number of nitrogens with zero attached hydrogens (tertiary/aromatic N) is 2. The van der Waals surface area contributed by atoms with Crippen LogP contribution in [0.5, 0.6) is 5.75 Å². The van der Waals surface area contributed by atoms with E-state index in [0.29, 0.717) is 5.69 Å². The van der Waals surface area contributed by atoms with Crippen molar-refractivity contribution < 1.29 is 9.53 Å². The van der Waals surface area contributed by atoms with E-state index in [2.05, 4.69) is 15.3 Å². The summed E-state index contributed by atoms with van der Waals surface area (Å²) in [4.78, 5) is 19.8. The standard InChI is InChI=1S/C14H15N3O2/c1-10(11-4-3-5-12(8-11)19-2)17-14(18)13-9-15-6-7-16-13/h3-10H,1-2H3,(H,17,18)/t10-/m0/s1. The summed E-state index contributed by atoms with van der Waals surface area (Å²) in [7, 11) is 1.61. The number of carbonyl (C=O) groups excluding carboxylic acids is 1. The molecule has 1 atom stereocenters. The minimum atomic E-state index is -0.247. The first-order valence-electron chi connectivity index (χ1n) is 5.91. The molecule has 0 radical (unpaired) electrons. The lowest BCUT2D eigenvalue weighted by atomic mass is 10.1. The first-order valence-corrected chi connectivity index (χ1v) is 5.91. The van der Waals surface area contributed by atoms with Gasteiger partial charge in [-0.2, -0.15) is 0 Å². The predicted octanol–water partition coefficient (Wildman–Crippen LogP) is 1.98. The Morgan fingerprint density at radius 3 is 2.89 bits per heavy atom. The molecule has 1 N–H and O–H groups in total. The number of ether oxygens (including phenoxy) is 1. The number of methoxy groups -OCH3 is 1. The van der Waals surface area contributed by atoms with Gasteiger partial charge < -0.3 is 10.1 Å². The van der Waals surface area contributed by atoms with Crippen molar-refractivity contribution in [2.45, 2.75) is 13.0 Å². The summed E-state index contributed by atoms with van der Waals surface area (Å²) in [6, 6.07) is 7.44. The van der Waals surface area contributed by atoms with Gasteiger partial charge in [0.25, 0.3) is 5.91 Å². The number of carbonyl (C=O) groups is 1. The maximum absolute atomic E-state index is 11.9. The van der Waals surface area contributed by atoms with Crippen LogP contribution in [0, 0.1) is 0 Å². The van der Waals surface area contributed by atoms with E-state index in [1.807, 2.05) is 31.2 Å². The van der Waals surface area contributed by atoms with Crippen molar-refractivity contribution in [3.63, 3.8) is 0 Å². The average Bonchev–Trinajstić information content (AvgIpc) is 2.48. The quantitative estimate of drug-likeness (QED) is 0.909. The van der Waals surface area contributed by atoms with Gasteiger partial charge in [-0.15, -0.1) is 0 Å². The maximum atomic E-state index is 11.9. The minimum absolute atomic E-state index is 0.135. The number of amides is 1. The Balaban J connectivity index is 2.08. The zero-order valence-electron chi connectivity index (χ0n) is 10.8. The van der Waals surface area contributed by atoms with Gasteiger partial charge in [0.2, 0.25) is 0 Å².